The van der Waals surface area contributed by atoms with Crippen molar-refractivity contribution >= 4 is 6.08 Å². The van der Waals surface area contributed by atoms with Gasteiger partial charge >= 0.3 is 0 Å². The highest BCUT2D eigenvalue weighted by molar-refractivity contribution is 5.76. The van der Waals surface area contributed by atoms with Crippen LogP contribution in [0.4, 0.5) is 0 Å². The predicted molar refractivity (Wildman–Crippen MR) is 106 cm³/mol. The molecule has 27 heavy (non-hydrogen) atoms. The second kappa shape index (κ2) is 6.32. The first-order valence-corrected chi connectivity index (χ1v) is 9.00. The van der Waals surface area contributed by atoms with Crippen molar-refractivity contribution in [3.05, 3.63) is 108 Å². The van der Waals surface area contributed by atoms with Gasteiger partial charge in [-0.15, -0.1) is 0 Å². The van der Waals surface area contributed by atoms with Crippen LogP contribution in [0.15, 0.2) is 85.5 Å². The summed E-state index contributed by atoms with van der Waals surface area (Å²) in [5, 5.41) is 7.91. The van der Waals surface area contributed by atoms with Crippen molar-refractivity contribution in [2.24, 2.45) is 0 Å². The molecule has 130 valence electrons. The lowest BCUT2D eigenvalue weighted by molar-refractivity contribution is 0.619. The lowest BCUT2D eigenvalue weighted by Crippen LogP contribution is -2.30. The minimum Gasteiger partial charge on any atom is -0.281 e. The van der Waals surface area contributed by atoms with Gasteiger partial charge in [-0.1, -0.05) is 42.5 Å². The Balaban J connectivity index is 1.66. The zero-order valence-corrected chi connectivity index (χ0v) is 14.7. The number of nitrogens with zero attached hydrogens (tertiary/aromatic N) is 3. The smallest absolute Gasteiger partial charge is 0.0995 e. The van der Waals surface area contributed by atoms with E-state index in [9.17, 15) is 0 Å². The molecule has 0 radical (unpaired) electrons. The maximum atomic E-state index is 4.62. The van der Waals surface area contributed by atoms with E-state index in [1.807, 2.05) is 43.0 Å². The van der Waals surface area contributed by atoms with Gasteiger partial charge in [0.15, 0.2) is 0 Å². The number of allylic oxidation sites excluding steroid dienone is 1. The third-order valence-corrected chi connectivity index (χ3v) is 5.31. The van der Waals surface area contributed by atoms with E-state index in [1.54, 1.807) is 0 Å². The van der Waals surface area contributed by atoms with E-state index in [-0.39, 0.29) is 5.41 Å². The van der Waals surface area contributed by atoms with Gasteiger partial charge in [0.05, 0.1) is 5.69 Å². The fraction of sp³-hybridized carbons (Fsp3) is 0.0870. The molecule has 4 nitrogen and oxygen atoms in total. The number of nitrogens with one attached hydrogen (secondary N) is 1. The third-order valence-electron chi connectivity index (χ3n) is 5.31. The van der Waals surface area contributed by atoms with E-state index >= 15 is 0 Å². The molecule has 0 saturated carbocycles. The topological polar surface area (TPSA) is 54.5 Å². The molecule has 0 bridgehead atoms. The van der Waals surface area contributed by atoms with Crippen molar-refractivity contribution in [2.45, 2.75) is 11.8 Å². The lowest BCUT2D eigenvalue weighted by atomic mass is 9.69. The van der Waals surface area contributed by atoms with Crippen LogP contribution in [0.1, 0.15) is 22.4 Å². The van der Waals surface area contributed by atoms with Crippen LogP contribution in [0.3, 0.4) is 0 Å². The Morgan fingerprint density at radius 2 is 1.41 bits per heavy atom. The zero-order valence-electron chi connectivity index (χ0n) is 14.7. The van der Waals surface area contributed by atoms with Gasteiger partial charge in [-0.3, -0.25) is 15.1 Å². The van der Waals surface area contributed by atoms with Crippen LogP contribution in [0.5, 0.6) is 0 Å². The summed E-state index contributed by atoms with van der Waals surface area (Å²) < 4.78 is 0. The largest absolute Gasteiger partial charge is 0.281 e. The van der Waals surface area contributed by atoms with Crippen molar-refractivity contribution in [2.75, 3.05) is 0 Å². The number of rotatable bonds is 3. The summed E-state index contributed by atoms with van der Waals surface area (Å²) in [6.07, 6.45) is 12.7. The standard InChI is InChI=1S/C23H18N4/c1-2-4-17(5-3-1)22-20-6-11-23(16-21(20)26-27-22,18-7-12-24-13-8-18)19-9-14-25-15-10-19/h1-15H,16H2,(H,26,27). The summed E-state index contributed by atoms with van der Waals surface area (Å²) in [5.74, 6) is 0. The van der Waals surface area contributed by atoms with E-state index < -0.39 is 0 Å². The zero-order chi connectivity index (χ0) is 18.1. The van der Waals surface area contributed by atoms with Gasteiger partial charge in [0.1, 0.15) is 0 Å². The van der Waals surface area contributed by atoms with Crippen LogP contribution in [-0.2, 0) is 11.8 Å². The average Bonchev–Trinajstić information content (AvgIpc) is 3.18. The molecule has 3 heterocycles. The fourth-order valence-electron chi connectivity index (χ4n) is 3.94. The van der Waals surface area contributed by atoms with Gasteiger partial charge in [0.2, 0.25) is 0 Å². The molecule has 3 aromatic heterocycles. The number of H-pyrrole nitrogens is 1. The van der Waals surface area contributed by atoms with E-state index in [0.717, 1.165) is 23.4 Å². The molecule has 0 atom stereocenters. The number of hydrogen-bond donors (Lipinski definition) is 1. The second-order valence-electron chi connectivity index (χ2n) is 6.78. The molecule has 4 aromatic rings. The molecule has 0 saturated heterocycles. The molecular formula is C23H18N4. The van der Waals surface area contributed by atoms with Crippen LogP contribution in [-0.4, -0.2) is 20.2 Å². The number of benzene rings is 1. The van der Waals surface area contributed by atoms with Crippen molar-refractivity contribution in [3.63, 3.8) is 0 Å². The predicted octanol–water partition coefficient (Wildman–Crippen LogP) is 4.42. The fourth-order valence-corrected chi connectivity index (χ4v) is 3.94. The van der Waals surface area contributed by atoms with Crippen molar-refractivity contribution in [3.8, 4) is 11.3 Å². The van der Waals surface area contributed by atoms with Gasteiger partial charge in [-0.25, -0.2) is 0 Å². The maximum absolute atomic E-state index is 4.62. The summed E-state index contributed by atoms with van der Waals surface area (Å²) >= 11 is 0. The Hall–Kier alpha value is -3.53. The monoisotopic (exact) mass is 350 g/mol. The number of aromatic amines is 1. The van der Waals surface area contributed by atoms with Gasteiger partial charge in [0, 0.05) is 53.4 Å². The molecule has 0 aliphatic heterocycles. The van der Waals surface area contributed by atoms with Gasteiger partial charge in [-0.05, 0) is 35.4 Å². The minimum atomic E-state index is -0.265. The molecule has 0 spiro atoms. The highest BCUT2D eigenvalue weighted by Crippen LogP contribution is 2.42. The summed E-state index contributed by atoms with van der Waals surface area (Å²) in [7, 11) is 0. The summed E-state index contributed by atoms with van der Waals surface area (Å²) in [5.41, 5.74) is 6.59. The van der Waals surface area contributed by atoms with Gasteiger partial charge in [-0.2, -0.15) is 5.10 Å². The first kappa shape index (κ1) is 15.7. The molecule has 0 fully saturated rings. The number of aromatic nitrogens is 4. The van der Waals surface area contributed by atoms with Crippen molar-refractivity contribution in [1.82, 2.24) is 20.2 Å². The van der Waals surface area contributed by atoms with Crippen LogP contribution < -0.4 is 0 Å². The molecule has 1 aromatic carbocycles. The van der Waals surface area contributed by atoms with Gasteiger partial charge in [0.25, 0.3) is 0 Å². The molecule has 5 rings (SSSR count). The quantitative estimate of drug-likeness (QED) is 0.595. The first-order chi connectivity index (χ1) is 13.4. The molecule has 4 heteroatoms. The van der Waals surface area contributed by atoms with Crippen LogP contribution in [0.25, 0.3) is 17.3 Å². The summed E-state index contributed by atoms with van der Waals surface area (Å²) in [4.78, 5) is 8.39. The lowest BCUT2D eigenvalue weighted by Gasteiger charge is -2.34. The third kappa shape index (κ3) is 2.57. The van der Waals surface area contributed by atoms with Crippen molar-refractivity contribution < 1.29 is 0 Å². The minimum absolute atomic E-state index is 0.265. The Morgan fingerprint density at radius 3 is 2.04 bits per heavy atom. The number of pyridine rings is 2. The molecule has 0 unspecified atom stereocenters. The van der Waals surface area contributed by atoms with Crippen LogP contribution in [0.2, 0.25) is 0 Å². The maximum Gasteiger partial charge on any atom is 0.0995 e. The molecule has 0 amide bonds. The van der Waals surface area contributed by atoms with Gasteiger partial charge < -0.3 is 0 Å². The second-order valence-corrected chi connectivity index (χ2v) is 6.78. The van der Waals surface area contributed by atoms with Crippen LogP contribution in [0, 0.1) is 0 Å². The summed E-state index contributed by atoms with van der Waals surface area (Å²) in [6.45, 7) is 0. The van der Waals surface area contributed by atoms with Crippen LogP contribution >= 0.6 is 0 Å². The van der Waals surface area contributed by atoms with E-state index in [1.165, 1.54) is 16.7 Å². The van der Waals surface area contributed by atoms with E-state index in [0.29, 0.717) is 0 Å². The highest BCUT2D eigenvalue weighted by atomic mass is 15.1. The first-order valence-electron chi connectivity index (χ1n) is 9.00. The molecule has 1 aliphatic rings. The molecule has 1 aliphatic carbocycles. The normalized spacial score (nSPS) is 14.7. The Bertz CT molecular complexity index is 1040. The Kier molecular flexibility index (Phi) is 3.68. The average molecular weight is 350 g/mol. The van der Waals surface area contributed by atoms with Crippen molar-refractivity contribution in [1.29, 1.82) is 0 Å². The molecular weight excluding hydrogens is 332 g/mol. The summed E-state index contributed by atoms with van der Waals surface area (Å²) in [6, 6.07) is 18.7. The molecule has 1 N–H and O–H groups in total. The number of fused-ring (bicyclic) bond motifs is 1. The number of hydrogen-bond acceptors (Lipinski definition) is 3. The van der Waals surface area contributed by atoms with E-state index in [2.05, 4.69) is 68.7 Å². The SMILES string of the molecule is C1=CC(c2ccncc2)(c2ccncc2)Cc2[nH]nc(-c3ccccc3)c21. The highest BCUT2D eigenvalue weighted by Gasteiger charge is 2.36. The Morgan fingerprint density at radius 1 is 0.778 bits per heavy atom. The Labute approximate surface area is 157 Å². The van der Waals surface area contributed by atoms with E-state index in [4.69, 9.17) is 0 Å².